The van der Waals surface area contributed by atoms with Crippen LogP contribution >= 0.6 is 0 Å². The molecule has 2 N–H and O–H groups in total. The Morgan fingerprint density at radius 2 is 1.70 bits per heavy atom. The number of hydrogen-bond acceptors (Lipinski definition) is 7. The number of carbonyl (C=O) groups is 4. The van der Waals surface area contributed by atoms with Gasteiger partial charge in [0.2, 0.25) is 11.8 Å². The third-order valence-corrected chi connectivity index (χ3v) is 8.27. The Balaban J connectivity index is 1.54. The molecule has 9 heteroatoms. The summed E-state index contributed by atoms with van der Waals surface area (Å²) in [4.78, 5) is 52.5. The van der Waals surface area contributed by atoms with Crippen molar-refractivity contribution in [1.29, 1.82) is 0 Å². The summed E-state index contributed by atoms with van der Waals surface area (Å²) in [5, 5.41) is 5.54. The van der Waals surface area contributed by atoms with Gasteiger partial charge in [0.1, 0.15) is 17.9 Å². The summed E-state index contributed by atoms with van der Waals surface area (Å²) in [7, 11) is 1.58. The van der Waals surface area contributed by atoms with Crippen LogP contribution in [0.2, 0.25) is 0 Å². The van der Waals surface area contributed by atoms with Crippen molar-refractivity contribution in [3.63, 3.8) is 0 Å². The lowest BCUT2D eigenvalue weighted by Crippen LogP contribution is -2.48. The van der Waals surface area contributed by atoms with Crippen molar-refractivity contribution in [3.05, 3.63) is 77.9 Å². The summed E-state index contributed by atoms with van der Waals surface area (Å²) in [6.45, 7) is 6.04. The minimum atomic E-state index is -0.874. The van der Waals surface area contributed by atoms with Crippen molar-refractivity contribution in [2.24, 2.45) is 17.8 Å². The number of amides is 2. The fourth-order valence-corrected chi connectivity index (χ4v) is 5.65. The molecule has 1 unspecified atom stereocenters. The SMILES string of the molecule is COc1ccc(C[C@H]2NC(=O)/C=C/C[C@@H](C(C)[C@H]3O[C@@H]3c3ccccc3)CC(=O)[C@H](CC(C)C)OC(=O)CCNC2=O)cc1. The molecule has 9 nitrogen and oxygen atoms in total. The number of nitrogens with one attached hydrogen (secondary N) is 2. The maximum absolute atomic E-state index is 13.6. The number of hydrogen-bond donors (Lipinski definition) is 2. The van der Waals surface area contributed by atoms with Gasteiger partial charge in [-0.15, -0.1) is 0 Å². The van der Waals surface area contributed by atoms with E-state index in [4.69, 9.17) is 14.2 Å². The molecule has 2 aromatic carbocycles. The molecule has 1 fully saturated rings. The first kappa shape index (κ1) is 32.9. The highest BCUT2D eigenvalue weighted by atomic mass is 16.6. The first-order chi connectivity index (χ1) is 21.1. The van der Waals surface area contributed by atoms with E-state index in [9.17, 15) is 19.2 Å². The number of cyclic esters (lactones) is 1. The number of epoxide rings is 1. The van der Waals surface area contributed by atoms with Crippen molar-refractivity contribution >= 4 is 23.6 Å². The van der Waals surface area contributed by atoms with Crippen LogP contribution in [0.4, 0.5) is 0 Å². The summed E-state index contributed by atoms with van der Waals surface area (Å²) in [5.41, 5.74) is 1.93. The van der Waals surface area contributed by atoms with Crippen LogP contribution in [0.25, 0.3) is 0 Å². The van der Waals surface area contributed by atoms with Crippen molar-refractivity contribution in [3.8, 4) is 5.75 Å². The fraction of sp³-hybridized carbons (Fsp3) is 0.486. The maximum Gasteiger partial charge on any atom is 0.308 e. The first-order valence-corrected chi connectivity index (χ1v) is 15.4. The highest BCUT2D eigenvalue weighted by molar-refractivity contribution is 5.93. The summed E-state index contributed by atoms with van der Waals surface area (Å²) in [5.74, 6) is -0.849. The summed E-state index contributed by atoms with van der Waals surface area (Å²) < 4.78 is 17.0. The van der Waals surface area contributed by atoms with Crippen molar-refractivity contribution in [2.45, 2.75) is 77.2 Å². The van der Waals surface area contributed by atoms with Crippen molar-refractivity contribution in [2.75, 3.05) is 13.7 Å². The molecule has 236 valence electrons. The van der Waals surface area contributed by atoms with E-state index in [0.29, 0.717) is 18.6 Å². The number of Topliss-reactive ketones (excluding diaryl/α,β-unsaturated/α-hetero) is 1. The molecule has 0 aliphatic carbocycles. The predicted molar refractivity (Wildman–Crippen MR) is 166 cm³/mol. The van der Waals surface area contributed by atoms with Crippen LogP contribution in [0.1, 0.15) is 63.7 Å². The Labute approximate surface area is 259 Å². The van der Waals surface area contributed by atoms with Gasteiger partial charge in [0.15, 0.2) is 11.9 Å². The molecular formula is C35H44N2O7. The van der Waals surface area contributed by atoms with E-state index in [0.717, 1.165) is 11.1 Å². The lowest BCUT2D eigenvalue weighted by atomic mass is 9.81. The number of benzene rings is 2. The van der Waals surface area contributed by atoms with Crippen LogP contribution < -0.4 is 15.4 Å². The van der Waals surface area contributed by atoms with Gasteiger partial charge in [-0.1, -0.05) is 69.3 Å². The van der Waals surface area contributed by atoms with Gasteiger partial charge in [-0.3, -0.25) is 19.2 Å². The molecule has 0 bridgehead atoms. The van der Waals surface area contributed by atoms with Crippen LogP contribution in [0.3, 0.4) is 0 Å². The predicted octanol–water partition coefficient (Wildman–Crippen LogP) is 4.50. The number of ether oxygens (including phenoxy) is 3. The van der Waals surface area contributed by atoms with E-state index >= 15 is 0 Å². The highest BCUT2D eigenvalue weighted by Gasteiger charge is 2.46. The van der Waals surface area contributed by atoms with Crippen molar-refractivity contribution < 1.29 is 33.4 Å². The summed E-state index contributed by atoms with van der Waals surface area (Å²) >= 11 is 0. The van der Waals surface area contributed by atoms with E-state index in [1.165, 1.54) is 6.08 Å². The number of rotatable bonds is 8. The number of methoxy groups -OCH3 is 1. The second-order valence-corrected chi connectivity index (χ2v) is 12.1. The topological polar surface area (TPSA) is 123 Å². The normalized spacial score (nSPS) is 26.7. The molecule has 2 aliphatic rings. The average Bonchev–Trinajstić information content (AvgIpc) is 3.81. The van der Waals surface area contributed by atoms with Gasteiger partial charge in [-0.2, -0.15) is 0 Å². The molecule has 2 amide bonds. The quantitative estimate of drug-likeness (QED) is 0.336. The molecule has 2 heterocycles. The smallest absolute Gasteiger partial charge is 0.308 e. The summed E-state index contributed by atoms with van der Waals surface area (Å²) in [6.07, 6.45) is 3.40. The molecule has 0 saturated carbocycles. The van der Waals surface area contributed by atoms with E-state index in [1.807, 2.05) is 56.3 Å². The van der Waals surface area contributed by atoms with Gasteiger partial charge in [-0.05, 0) is 59.9 Å². The Morgan fingerprint density at radius 1 is 0.977 bits per heavy atom. The van der Waals surface area contributed by atoms with Gasteiger partial charge in [-0.25, -0.2) is 0 Å². The van der Waals surface area contributed by atoms with Crippen molar-refractivity contribution in [1.82, 2.24) is 10.6 Å². The number of ketones is 1. The Hall–Kier alpha value is -3.98. The average molecular weight is 605 g/mol. The first-order valence-electron chi connectivity index (χ1n) is 15.4. The number of carbonyl (C=O) groups excluding carboxylic acids is 4. The van der Waals surface area contributed by atoms with Crippen LogP contribution in [0.15, 0.2) is 66.7 Å². The van der Waals surface area contributed by atoms with Gasteiger partial charge in [0.05, 0.1) is 19.6 Å². The lowest BCUT2D eigenvalue weighted by molar-refractivity contribution is -0.156. The lowest BCUT2D eigenvalue weighted by Gasteiger charge is -2.25. The standard InChI is InChI=1S/C35H44N2O7/c1-22(2)19-30-29(38)21-26(23(3)33-34(44-33)25-9-6-5-7-10-25)11-8-12-31(39)37-28(35(41)36-18-17-32(40)43-30)20-24-13-15-27(42-4)16-14-24/h5-10,12-16,22-23,26,28,30,33-34H,11,17-21H2,1-4H3,(H,36,41)(H,37,39)/b12-8+/t23?,26-,28-,30+,33-,34-/m1/s1. The molecule has 0 aromatic heterocycles. The zero-order chi connectivity index (χ0) is 31.6. The van der Waals surface area contributed by atoms with Gasteiger partial charge >= 0.3 is 5.97 Å². The minimum Gasteiger partial charge on any atom is -0.497 e. The molecule has 6 atom stereocenters. The monoisotopic (exact) mass is 604 g/mol. The van der Waals surface area contributed by atoms with Gasteiger partial charge in [0, 0.05) is 19.4 Å². The van der Waals surface area contributed by atoms with E-state index < -0.39 is 29.9 Å². The maximum atomic E-state index is 13.6. The fourth-order valence-electron chi connectivity index (χ4n) is 5.65. The third-order valence-electron chi connectivity index (χ3n) is 8.27. The van der Waals surface area contributed by atoms with Gasteiger partial charge in [0.25, 0.3) is 0 Å². The zero-order valence-electron chi connectivity index (χ0n) is 26.0. The van der Waals surface area contributed by atoms with Crippen LogP contribution in [-0.4, -0.2) is 55.5 Å². The minimum absolute atomic E-state index is 0.000231. The molecule has 2 aromatic rings. The molecule has 2 aliphatic heterocycles. The largest absolute Gasteiger partial charge is 0.497 e. The van der Waals surface area contributed by atoms with Crippen LogP contribution in [0.5, 0.6) is 5.75 Å². The van der Waals surface area contributed by atoms with E-state index in [1.54, 1.807) is 25.3 Å². The summed E-state index contributed by atoms with van der Waals surface area (Å²) in [6, 6.07) is 16.4. The number of allylic oxidation sites excluding steroid dienone is 1. The Morgan fingerprint density at radius 3 is 2.39 bits per heavy atom. The Kier molecular flexibility index (Phi) is 11.7. The highest BCUT2D eigenvalue weighted by Crippen LogP contribution is 2.46. The zero-order valence-corrected chi connectivity index (χ0v) is 26.0. The molecule has 1 saturated heterocycles. The van der Waals surface area contributed by atoms with Crippen LogP contribution in [-0.2, 0) is 35.1 Å². The molecule has 4 rings (SSSR count). The van der Waals surface area contributed by atoms with E-state index in [-0.39, 0.29) is 61.6 Å². The second kappa shape index (κ2) is 15.7. The van der Waals surface area contributed by atoms with Gasteiger partial charge < -0.3 is 24.8 Å². The van der Waals surface area contributed by atoms with E-state index in [2.05, 4.69) is 17.6 Å². The molecule has 0 radical (unpaired) electrons. The van der Waals surface area contributed by atoms with Crippen LogP contribution in [0, 0.1) is 17.8 Å². The molecule has 44 heavy (non-hydrogen) atoms. The molecular weight excluding hydrogens is 560 g/mol. The molecule has 0 spiro atoms. The second-order valence-electron chi connectivity index (χ2n) is 12.1. The number of esters is 1. The Bertz CT molecular complexity index is 1310. The third kappa shape index (κ3) is 9.51.